The zero-order valence-electron chi connectivity index (χ0n) is 8.41. The largest absolute Gasteiger partial charge is 0.395 e. The molecule has 0 atom stereocenters. The number of nitrogens with zero attached hydrogens (tertiary/aromatic N) is 2. The van der Waals surface area contributed by atoms with Crippen LogP contribution in [0, 0.1) is 0 Å². The standard InChI is InChI=1S/C9H20N2O2/c1-10(4-7-12)2-3-11-5-8-13-9-6-11/h12H,2-9H2,1H3. The number of ether oxygens (including phenoxy) is 1. The highest BCUT2D eigenvalue weighted by molar-refractivity contribution is 4.63. The summed E-state index contributed by atoms with van der Waals surface area (Å²) in [5.41, 5.74) is 0. The minimum absolute atomic E-state index is 0.250. The molecule has 1 fully saturated rings. The lowest BCUT2D eigenvalue weighted by atomic mass is 10.4. The summed E-state index contributed by atoms with van der Waals surface area (Å²) in [6, 6.07) is 0. The third kappa shape index (κ3) is 4.57. The van der Waals surface area contributed by atoms with Crippen molar-refractivity contribution in [1.29, 1.82) is 0 Å². The molecular weight excluding hydrogens is 168 g/mol. The predicted molar refractivity (Wildman–Crippen MR) is 51.8 cm³/mol. The van der Waals surface area contributed by atoms with Crippen molar-refractivity contribution in [2.24, 2.45) is 0 Å². The molecule has 13 heavy (non-hydrogen) atoms. The normalized spacial score (nSPS) is 19.6. The Morgan fingerprint density at radius 2 is 2.00 bits per heavy atom. The van der Waals surface area contributed by atoms with E-state index in [-0.39, 0.29) is 6.61 Å². The summed E-state index contributed by atoms with van der Waals surface area (Å²) in [7, 11) is 2.04. The van der Waals surface area contributed by atoms with Crippen LogP contribution in [-0.2, 0) is 4.74 Å². The summed E-state index contributed by atoms with van der Waals surface area (Å²) in [6.45, 7) is 6.96. The Morgan fingerprint density at radius 1 is 1.31 bits per heavy atom. The molecule has 0 saturated carbocycles. The van der Waals surface area contributed by atoms with Crippen LogP contribution < -0.4 is 0 Å². The molecule has 1 aliphatic heterocycles. The summed E-state index contributed by atoms with van der Waals surface area (Å²) in [6.07, 6.45) is 0. The fraction of sp³-hybridized carbons (Fsp3) is 1.00. The quantitative estimate of drug-likeness (QED) is 0.615. The van der Waals surface area contributed by atoms with Crippen LogP contribution in [0.15, 0.2) is 0 Å². The number of hydrogen-bond acceptors (Lipinski definition) is 4. The molecule has 0 bridgehead atoms. The number of morpholine rings is 1. The zero-order chi connectivity index (χ0) is 9.52. The minimum Gasteiger partial charge on any atom is -0.395 e. The second kappa shape index (κ2) is 6.32. The van der Waals surface area contributed by atoms with Gasteiger partial charge in [-0.05, 0) is 7.05 Å². The van der Waals surface area contributed by atoms with E-state index in [1.165, 1.54) is 0 Å². The first-order valence-electron chi connectivity index (χ1n) is 4.92. The van der Waals surface area contributed by atoms with E-state index in [0.717, 1.165) is 45.9 Å². The van der Waals surface area contributed by atoms with E-state index in [2.05, 4.69) is 9.80 Å². The van der Waals surface area contributed by atoms with E-state index in [0.29, 0.717) is 0 Å². The van der Waals surface area contributed by atoms with Crippen molar-refractivity contribution in [2.45, 2.75) is 0 Å². The molecule has 4 nitrogen and oxygen atoms in total. The van der Waals surface area contributed by atoms with E-state index in [9.17, 15) is 0 Å². The average molecular weight is 188 g/mol. The average Bonchev–Trinajstić information content (AvgIpc) is 2.17. The van der Waals surface area contributed by atoms with E-state index in [1.54, 1.807) is 0 Å². The molecule has 0 aromatic heterocycles. The van der Waals surface area contributed by atoms with Gasteiger partial charge in [-0.15, -0.1) is 0 Å². The van der Waals surface area contributed by atoms with Gasteiger partial charge in [0.15, 0.2) is 0 Å². The lowest BCUT2D eigenvalue weighted by molar-refractivity contribution is 0.0339. The fourth-order valence-corrected chi connectivity index (χ4v) is 1.42. The van der Waals surface area contributed by atoms with Gasteiger partial charge in [0.05, 0.1) is 19.8 Å². The van der Waals surface area contributed by atoms with Crippen molar-refractivity contribution in [3.63, 3.8) is 0 Å². The Labute approximate surface area is 80.1 Å². The van der Waals surface area contributed by atoms with Gasteiger partial charge in [0.1, 0.15) is 0 Å². The molecule has 0 amide bonds. The highest BCUT2D eigenvalue weighted by atomic mass is 16.5. The van der Waals surface area contributed by atoms with Gasteiger partial charge >= 0.3 is 0 Å². The third-order valence-corrected chi connectivity index (χ3v) is 2.38. The summed E-state index contributed by atoms with van der Waals surface area (Å²) in [5.74, 6) is 0. The van der Waals surface area contributed by atoms with Gasteiger partial charge in [0.25, 0.3) is 0 Å². The van der Waals surface area contributed by atoms with Gasteiger partial charge in [-0.25, -0.2) is 0 Å². The lowest BCUT2D eigenvalue weighted by Crippen LogP contribution is -2.41. The number of aliphatic hydroxyl groups excluding tert-OH is 1. The first kappa shape index (κ1) is 10.9. The van der Waals surface area contributed by atoms with Crippen molar-refractivity contribution in [1.82, 2.24) is 9.80 Å². The Hall–Kier alpha value is -0.160. The highest BCUT2D eigenvalue weighted by Gasteiger charge is 2.10. The Balaban J connectivity index is 2.03. The molecule has 0 spiro atoms. The molecule has 0 aromatic carbocycles. The van der Waals surface area contributed by atoms with Crippen LogP contribution in [0.25, 0.3) is 0 Å². The Bertz CT molecular complexity index is 127. The van der Waals surface area contributed by atoms with Crippen LogP contribution in [0.2, 0.25) is 0 Å². The second-order valence-corrected chi connectivity index (χ2v) is 3.48. The Morgan fingerprint density at radius 3 is 2.62 bits per heavy atom. The van der Waals surface area contributed by atoms with Crippen LogP contribution in [0.3, 0.4) is 0 Å². The topological polar surface area (TPSA) is 35.9 Å². The molecule has 1 rings (SSSR count). The number of hydrogen-bond donors (Lipinski definition) is 1. The van der Waals surface area contributed by atoms with Crippen LogP contribution in [-0.4, -0.2) is 74.5 Å². The maximum absolute atomic E-state index is 8.70. The minimum atomic E-state index is 0.250. The van der Waals surface area contributed by atoms with Crippen LogP contribution >= 0.6 is 0 Å². The summed E-state index contributed by atoms with van der Waals surface area (Å²) < 4.78 is 5.26. The van der Waals surface area contributed by atoms with E-state index < -0.39 is 0 Å². The molecule has 0 aliphatic carbocycles. The molecule has 78 valence electrons. The molecule has 1 saturated heterocycles. The maximum atomic E-state index is 8.70. The van der Waals surface area contributed by atoms with E-state index in [1.807, 2.05) is 7.05 Å². The predicted octanol–water partition coefficient (Wildman–Crippen LogP) is -0.757. The monoisotopic (exact) mass is 188 g/mol. The molecule has 1 heterocycles. The van der Waals surface area contributed by atoms with Crippen LogP contribution in [0.1, 0.15) is 0 Å². The molecule has 1 aliphatic rings. The van der Waals surface area contributed by atoms with E-state index >= 15 is 0 Å². The van der Waals surface area contributed by atoms with Crippen LogP contribution in [0.4, 0.5) is 0 Å². The molecule has 4 heteroatoms. The van der Waals surface area contributed by atoms with Gasteiger partial charge in [0, 0.05) is 32.7 Å². The number of rotatable bonds is 5. The van der Waals surface area contributed by atoms with Crippen molar-refractivity contribution >= 4 is 0 Å². The van der Waals surface area contributed by atoms with E-state index in [4.69, 9.17) is 9.84 Å². The summed E-state index contributed by atoms with van der Waals surface area (Å²) >= 11 is 0. The first-order chi connectivity index (χ1) is 6.33. The summed E-state index contributed by atoms with van der Waals surface area (Å²) in [4.78, 5) is 4.55. The van der Waals surface area contributed by atoms with Crippen molar-refractivity contribution in [2.75, 3.05) is 59.6 Å². The number of aliphatic hydroxyl groups is 1. The van der Waals surface area contributed by atoms with Gasteiger partial charge in [-0.3, -0.25) is 4.90 Å². The van der Waals surface area contributed by atoms with Gasteiger partial charge in [0.2, 0.25) is 0 Å². The molecule has 0 aromatic rings. The molecule has 0 radical (unpaired) electrons. The molecule has 0 unspecified atom stereocenters. The van der Waals surface area contributed by atoms with Gasteiger partial charge in [-0.2, -0.15) is 0 Å². The van der Waals surface area contributed by atoms with Crippen molar-refractivity contribution < 1.29 is 9.84 Å². The van der Waals surface area contributed by atoms with Gasteiger partial charge in [-0.1, -0.05) is 0 Å². The van der Waals surface area contributed by atoms with Crippen molar-refractivity contribution in [3.8, 4) is 0 Å². The number of likely N-dealkylation sites (N-methyl/N-ethyl adjacent to an activating group) is 1. The highest BCUT2D eigenvalue weighted by Crippen LogP contribution is 1.96. The summed E-state index contributed by atoms with van der Waals surface area (Å²) in [5, 5.41) is 8.70. The second-order valence-electron chi connectivity index (χ2n) is 3.48. The third-order valence-electron chi connectivity index (χ3n) is 2.38. The fourth-order valence-electron chi connectivity index (χ4n) is 1.42. The van der Waals surface area contributed by atoms with Crippen molar-refractivity contribution in [3.05, 3.63) is 0 Å². The maximum Gasteiger partial charge on any atom is 0.0594 e. The van der Waals surface area contributed by atoms with Crippen LogP contribution in [0.5, 0.6) is 0 Å². The SMILES string of the molecule is CN(CCO)CCN1CCOCC1. The Kier molecular flexibility index (Phi) is 5.31. The first-order valence-corrected chi connectivity index (χ1v) is 4.92. The molecular formula is C9H20N2O2. The lowest BCUT2D eigenvalue weighted by Gasteiger charge is -2.28. The zero-order valence-corrected chi connectivity index (χ0v) is 8.41. The van der Waals surface area contributed by atoms with Gasteiger partial charge < -0.3 is 14.7 Å². The molecule has 1 N–H and O–H groups in total. The smallest absolute Gasteiger partial charge is 0.0594 e.